The highest BCUT2D eigenvalue weighted by Crippen LogP contribution is 2.33. The lowest BCUT2D eigenvalue weighted by molar-refractivity contribution is -0.116. The Kier molecular flexibility index (Phi) is 7.60. The van der Waals surface area contributed by atoms with Crippen LogP contribution >= 0.6 is 11.6 Å². The third kappa shape index (κ3) is 5.93. The fourth-order valence-corrected chi connectivity index (χ4v) is 5.90. The van der Waals surface area contributed by atoms with Crippen LogP contribution in [0.5, 0.6) is 11.5 Å². The van der Waals surface area contributed by atoms with E-state index in [1.54, 1.807) is 54.3 Å². The Bertz CT molecular complexity index is 1570. The van der Waals surface area contributed by atoms with Gasteiger partial charge >= 0.3 is 0 Å². The number of sulfonamides is 1. The lowest BCUT2D eigenvalue weighted by Crippen LogP contribution is -2.39. The summed E-state index contributed by atoms with van der Waals surface area (Å²) in [6.45, 7) is -0.342. The van der Waals surface area contributed by atoms with Gasteiger partial charge in [0.1, 0.15) is 11.5 Å². The van der Waals surface area contributed by atoms with Crippen molar-refractivity contribution < 1.29 is 22.7 Å². The molecule has 0 atom stereocenters. The third-order valence-electron chi connectivity index (χ3n) is 6.37. The molecule has 0 spiro atoms. The summed E-state index contributed by atoms with van der Waals surface area (Å²) >= 11 is 6.05. The van der Waals surface area contributed by atoms with Crippen molar-refractivity contribution in [1.29, 1.82) is 0 Å². The third-order valence-corrected chi connectivity index (χ3v) is 8.53. The molecule has 4 aromatic rings. The van der Waals surface area contributed by atoms with E-state index in [2.05, 4.69) is 10.3 Å². The van der Waals surface area contributed by atoms with Crippen LogP contribution in [0.15, 0.2) is 83.9 Å². The second kappa shape index (κ2) is 11.1. The number of hydrogen-bond donors (Lipinski definition) is 1. The van der Waals surface area contributed by atoms with Crippen molar-refractivity contribution in [3.63, 3.8) is 0 Å². The number of ether oxygens (including phenoxy) is 2. The molecular weight excluding hydrogens is 540 g/mol. The predicted octanol–water partition coefficient (Wildman–Crippen LogP) is 5.00. The molecule has 0 radical (unpaired) electrons. The first-order valence-corrected chi connectivity index (χ1v) is 14.1. The minimum Gasteiger partial charge on any atom is -0.497 e. The molecule has 1 heterocycles. The summed E-state index contributed by atoms with van der Waals surface area (Å²) in [5.74, 6) is 0.993. The number of anilines is 1. The second-order valence-electron chi connectivity index (χ2n) is 9.03. The normalized spacial score (nSPS) is 13.3. The molecule has 5 rings (SSSR count). The van der Waals surface area contributed by atoms with Gasteiger partial charge in [-0.05, 0) is 73.5 Å². The van der Waals surface area contributed by atoms with Crippen LogP contribution in [0.2, 0.25) is 5.02 Å². The summed E-state index contributed by atoms with van der Waals surface area (Å²) in [7, 11) is -0.801. The molecule has 202 valence electrons. The molecule has 1 aliphatic rings. The fraction of sp³-hybridized carbons (Fsp3) is 0.214. The SMILES string of the molecule is COc1ccc(-n2cc(-c3ccc(Cl)cc3)nc2NC(=O)CN(C2CC2)S(=O)(=O)c2ccc(OC)cc2)cc1. The van der Waals surface area contributed by atoms with Gasteiger partial charge in [-0.3, -0.25) is 14.7 Å². The van der Waals surface area contributed by atoms with Crippen LogP contribution in [0.1, 0.15) is 12.8 Å². The highest BCUT2D eigenvalue weighted by Gasteiger charge is 2.39. The van der Waals surface area contributed by atoms with Crippen LogP contribution in [-0.2, 0) is 14.8 Å². The van der Waals surface area contributed by atoms with Crippen molar-refractivity contribution in [2.45, 2.75) is 23.8 Å². The lowest BCUT2D eigenvalue weighted by atomic mass is 10.2. The van der Waals surface area contributed by atoms with Gasteiger partial charge in [0.2, 0.25) is 21.9 Å². The number of aromatic nitrogens is 2. The summed E-state index contributed by atoms with van der Waals surface area (Å²) in [4.78, 5) is 18.0. The van der Waals surface area contributed by atoms with Crippen molar-refractivity contribution in [1.82, 2.24) is 13.9 Å². The molecule has 1 N–H and O–H groups in total. The van der Waals surface area contributed by atoms with Crippen LogP contribution in [0.25, 0.3) is 16.9 Å². The Balaban J connectivity index is 1.43. The zero-order valence-electron chi connectivity index (χ0n) is 21.4. The number of rotatable bonds is 10. The van der Waals surface area contributed by atoms with Gasteiger partial charge in [-0.25, -0.2) is 13.4 Å². The van der Waals surface area contributed by atoms with E-state index in [0.717, 1.165) is 11.3 Å². The van der Waals surface area contributed by atoms with Gasteiger partial charge in [-0.2, -0.15) is 4.31 Å². The van der Waals surface area contributed by atoms with Crippen LogP contribution < -0.4 is 14.8 Å². The van der Waals surface area contributed by atoms with E-state index >= 15 is 0 Å². The molecular formula is C28H27ClN4O5S. The van der Waals surface area contributed by atoms with Crippen LogP contribution in [0.4, 0.5) is 5.95 Å². The minimum absolute atomic E-state index is 0.104. The van der Waals surface area contributed by atoms with E-state index in [9.17, 15) is 13.2 Å². The number of methoxy groups -OCH3 is 2. The number of hydrogen-bond acceptors (Lipinski definition) is 6. The maximum absolute atomic E-state index is 13.4. The van der Waals surface area contributed by atoms with Gasteiger partial charge in [0.05, 0.1) is 31.4 Å². The number of imidazole rings is 1. The van der Waals surface area contributed by atoms with Gasteiger partial charge < -0.3 is 9.47 Å². The topological polar surface area (TPSA) is 103 Å². The van der Waals surface area contributed by atoms with Crippen LogP contribution in [-0.4, -0.2) is 55.0 Å². The molecule has 11 heteroatoms. The average molecular weight is 567 g/mol. The number of benzene rings is 3. The highest BCUT2D eigenvalue weighted by atomic mass is 35.5. The number of nitrogens with zero attached hydrogens (tertiary/aromatic N) is 3. The molecule has 9 nitrogen and oxygen atoms in total. The molecule has 1 fully saturated rings. The van der Waals surface area contributed by atoms with Gasteiger partial charge in [0.15, 0.2) is 0 Å². The fourth-order valence-electron chi connectivity index (χ4n) is 4.13. The molecule has 0 bridgehead atoms. The van der Waals surface area contributed by atoms with E-state index in [4.69, 9.17) is 21.1 Å². The summed E-state index contributed by atoms with van der Waals surface area (Å²) in [5.41, 5.74) is 2.16. The molecule has 39 heavy (non-hydrogen) atoms. The Labute approximate surface area is 232 Å². The first-order chi connectivity index (χ1) is 18.8. The molecule has 1 aromatic heterocycles. The molecule has 1 saturated carbocycles. The van der Waals surface area contributed by atoms with Gasteiger partial charge in [-0.1, -0.05) is 23.7 Å². The zero-order chi connectivity index (χ0) is 27.6. The smallest absolute Gasteiger partial charge is 0.243 e. The highest BCUT2D eigenvalue weighted by molar-refractivity contribution is 7.89. The number of nitrogens with one attached hydrogen (secondary N) is 1. The van der Waals surface area contributed by atoms with E-state index in [-0.39, 0.29) is 23.4 Å². The van der Waals surface area contributed by atoms with Gasteiger partial charge in [0, 0.05) is 28.5 Å². The Morgan fingerprint density at radius 2 is 1.56 bits per heavy atom. The molecule has 1 amide bonds. The van der Waals surface area contributed by atoms with E-state index in [1.165, 1.54) is 23.5 Å². The molecule has 1 aliphatic carbocycles. The summed E-state index contributed by atoms with van der Waals surface area (Å²) in [5, 5.41) is 3.42. The summed E-state index contributed by atoms with van der Waals surface area (Å²) in [6, 6.07) is 20.4. The average Bonchev–Trinajstić information content (AvgIpc) is 3.71. The quantitative estimate of drug-likeness (QED) is 0.290. The number of halogens is 1. The maximum atomic E-state index is 13.4. The maximum Gasteiger partial charge on any atom is 0.243 e. The molecule has 3 aromatic carbocycles. The van der Waals surface area contributed by atoms with E-state index in [1.807, 2.05) is 24.3 Å². The van der Waals surface area contributed by atoms with Crippen LogP contribution in [0, 0.1) is 0 Å². The lowest BCUT2D eigenvalue weighted by Gasteiger charge is -2.21. The van der Waals surface area contributed by atoms with Crippen molar-refractivity contribution in [2.24, 2.45) is 0 Å². The Morgan fingerprint density at radius 3 is 2.13 bits per heavy atom. The van der Waals surface area contributed by atoms with Gasteiger partial charge in [0.25, 0.3) is 0 Å². The zero-order valence-corrected chi connectivity index (χ0v) is 22.9. The summed E-state index contributed by atoms with van der Waals surface area (Å²) < 4.78 is 40.2. The number of carbonyl (C=O) groups is 1. The van der Waals surface area contributed by atoms with Crippen LogP contribution in [0.3, 0.4) is 0 Å². The number of amides is 1. The minimum atomic E-state index is -3.90. The van der Waals surface area contributed by atoms with Crippen molar-refractivity contribution in [3.05, 3.63) is 84.0 Å². The van der Waals surface area contributed by atoms with E-state index < -0.39 is 15.9 Å². The standard InChI is InChI=1S/C28H27ClN4O5S/c1-37-23-11-9-21(10-12-23)32-17-26(19-3-5-20(29)6-4-19)30-28(32)31-27(34)18-33(22-7-8-22)39(35,36)25-15-13-24(38-2)14-16-25/h3-6,9-17,22H,7-8,18H2,1-2H3,(H,30,31,34). The molecule has 0 unspecified atom stereocenters. The van der Waals surface area contributed by atoms with E-state index in [0.29, 0.717) is 35.1 Å². The molecule has 0 saturated heterocycles. The first-order valence-electron chi connectivity index (χ1n) is 12.2. The second-order valence-corrected chi connectivity index (χ2v) is 11.4. The first kappa shape index (κ1) is 26.7. The van der Waals surface area contributed by atoms with Crippen molar-refractivity contribution in [3.8, 4) is 28.4 Å². The predicted molar refractivity (Wildman–Crippen MR) is 149 cm³/mol. The Hall–Kier alpha value is -3.86. The summed E-state index contributed by atoms with van der Waals surface area (Å²) in [6.07, 6.45) is 3.20. The van der Waals surface area contributed by atoms with Gasteiger partial charge in [-0.15, -0.1) is 0 Å². The van der Waals surface area contributed by atoms with Crippen molar-refractivity contribution in [2.75, 3.05) is 26.1 Å². The number of carbonyl (C=O) groups excluding carboxylic acids is 1. The molecule has 0 aliphatic heterocycles. The largest absolute Gasteiger partial charge is 0.497 e. The van der Waals surface area contributed by atoms with Crippen molar-refractivity contribution >= 4 is 33.5 Å². The Morgan fingerprint density at radius 1 is 0.974 bits per heavy atom. The monoisotopic (exact) mass is 566 g/mol.